The molecule has 4 rings (SSSR count). The number of aryl methyl sites for hydroxylation is 2. The number of rotatable bonds is 8. The van der Waals surface area contributed by atoms with Gasteiger partial charge in [-0.3, -0.25) is 9.36 Å². The molecule has 0 spiro atoms. The molecular weight excluding hydrogens is 438 g/mol. The maximum Gasteiger partial charge on any atom is 0.297 e. The van der Waals surface area contributed by atoms with Gasteiger partial charge in [-0.2, -0.15) is 5.26 Å². The number of hydrogen-bond donors (Lipinski definition) is 0. The summed E-state index contributed by atoms with van der Waals surface area (Å²) in [7, 11) is 1.60. The quantitative estimate of drug-likeness (QED) is 0.324. The second-order valence-electron chi connectivity index (χ2n) is 8.22. The van der Waals surface area contributed by atoms with E-state index in [0.29, 0.717) is 35.7 Å². The molecule has 0 amide bonds. The molecule has 35 heavy (non-hydrogen) atoms. The van der Waals surface area contributed by atoms with E-state index in [4.69, 9.17) is 14.5 Å². The molecule has 0 saturated carbocycles. The highest BCUT2D eigenvalue weighted by Crippen LogP contribution is 2.25. The fourth-order valence-electron chi connectivity index (χ4n) is 3.96. The number of hydrogen-bond acceptors (Lipinski definition) is 5. The molecule has 0 aliphatic heterocycles. The summed E-state index contributed by atoms with van der Waals surface area (Å²) in [5.74, 6) is 2.21. The van der Waals surface area contributed by atoms with Crippen LogP contribution in [0.15, 0.2) is 77.6 Å². The van der Waals surface area contributed by atoms with E-state index in [2.05, 4.69) is 13.0 Å². The van der Waals surface area contributed by atoms with E-state index in [1.165, 1.54) is 0 Å². The first-order valence-corrected chi connectivity index (χ1v) is 11.5. The van der Waals surface area contributed by atoms with Crippen molar-refractivity contribution in [3.8, 4) is 34.4 Å². The molecule has 6 nitrogen and oxygen atoms in total. The van der Waals surface area contributed by atoms with E-state index < -0.39 is 0 Å². The highest BCUT2D eigenvalue weighted by molar-refractivity contribution is 5.70. The molecule has 176 valence electrons. The van der Waals surface area contributed by atoms with Crippen molar-refractivity contribution >= 4 is 0 Å². The molecule has 1 aromatic heterocycles. The molecule has 1 heterocycles. The molecular formula is C29H27N3O3. The predicted octanol–water partition coefficient (Wildman–Crippen LogP) is 5.89. The Kier molecular flexibility index (Phi) is 7.27. The molecule has 0 radical (unpaired) electrons. The minimum absolute atomic E-state index is 0.212. The summed E-state index contributed by atoms with van der Waals surface area (Å²) in [6.45, 7) is 4.24. The highest BCUT2D eigenvalue weighted by Gasteiger charge is 2.17. The summed E-state index contributed by atoms with van der Waals surface area (Å²) >= 11 is 0. The first-order chi connectivity index (χ1) is 17.0. The lowest BCUT2D eigenvalue weighted by Gasteiger charge is -2.16. The SMILES string of the molecule is CCCc1nc(C)c(Oc2ccc(OC)cc2)c(=O)n1Cc1ccc(-c2ccccc2C#N)cc1. The van der Waals surface area contributed by atoms with Gasteiger partial charge in [-0.05, 0) is 60.4 Å². The van der Waals surface area contributed by atoms with Crippen LogP contribution < -0.4 is 15.0 Å². The van der Waals surface area contributed by atoms with Crippen molar-refractivity contribution < 1.29 is 9.47 Å². The van der Waals surface area contributed by atoms with Gasteiger partial charge in [0.15, 0.2) is 0 Å². The van der Waals surface area contributed by atoms with Gasteiger partial charge in [-0.25, -0.2) is 4.98 Å². The summed E-state index contributed by atoms with van der Waals surface area (Å²) in [6.07, 6.45) is 1.56. The normalized spacial score (nSPS) is 10.6. The van der Waals surface area contributed by atoms with Crippen LogP contribution in [0.25, 0.3) is 11.1 Å². The summed E-state index contributed by atoms with van der Waals surface area (Å²) in [6, 6.07) is 24.8. The Labute approximate surface area is 205 Å². The average molecular weight is 466 g/mol. The number of nitriles is 1. The zero-order valence-electron chi connectivity index (χ0n) is 20.1. The second kappa shape index (κ2) is 10.7. The summed E-state index contributed by atoms with van der Waals surface area (Å²) in [5, 5.41) is 9.41. The van der Waals surface area contributed by atoms with Crippen LogP contribution in [-0.2, 0) is 13.0 Å². The third kappa shape index (κ3) is 5.25. The van der Waals surface area contributed by atoms with Gasteiger partial charge in [-0.1, -0.05) is 49.4 Å². The van der Waals surface area contributed by atoms with Crippen LogP contribution in [0.1, 0.15) is 36.0 Å². The van der Waals surface area contributed by atoms with Gasteiger partial charge in [0, 0.05) is 6.42 Å². The lowest BCUT2D eigenvalue weighted by Crippen LogP contribution is -2.27. The minimum Gasteiger partial charge on any atom is -0.497 e. The van der Waals surface area contributed by atoms with E-state index in [-0.39, 0.29) is 11.3 Å². The maximum atomic E-state index is 13.5. The Morgan fingerprint density at radius 3 is 2.31 bits per heavy atom. The van der Waals surface area contributed by atoms with Gasteiger partial charge >= 0.3 is 0 Å². The van der Waals surface area contributed by atoms with E-state index in [1.807, 2.05) is 48.5 Å². The molecule has 3 aromatic carbocycles. The van der Waals surface area contributed by atoms with Gasteiger partial charge in [-0.15, -0.1) is 0 Å². The van der Waals surface area contributed by atoms with Gasteiger partial charge in [0.2, 0.25) is 5.75 Å². The molecule has 0 saturated heterocycles. The first-order valence-electron chi connectivity index (χ1n) is 11.5. The first kappa shape index (κ1) is 23.8. The van der Waals surface area contributed by atoms with Gasteiger partial charge in [0.25, 0.3) is 5.56 Å². The average Bonchev–Trinajstić information content (AvgIpc) is 2.89. The molecule has 0 bridgehead atoms. The monoisotopic (exact) mass is 465 g/mol. The largest absolute Gasteiger partial charge is 0.497 e. The van der Waals surface area contributed by atoms with E-state index in [1.54, 1.807) is 42.9 Å². The zero-order valence-corrected chi connectivity index (χ0v) is 20.1. The topological polar surface area (TPSA) is 77.1 Å². The minimum atomic E-state index is -0.212. The van der Waals surface area contributed by atoms with Crippen LogP contribution in [0, 0.1) is 18.3 Å². The number of aromatic nitrogens is 2. The van der Waals surface area contributed by atoms with Crippen molar-refractivity contribution in [3.63, 3.8) is 0 Å². The van der Waals surface area contributed by atoms with Crippen molar-refractivity contribution in [2.24, 2.45) is 0 Å². The standard InChI is InChI=1S/C29H27N3O3/c1-4-7-27-31-20(2)28(35-25-16-14-24(34-3)15-17-25)29(33)32(27)19-21-10-12-22(13-11-21)26-9-6-5-8-23(26)18-30/h5-6,8-17H,4,7,19H2,1-3H3. The van der Waals surface area contributed by atoms with Crippen molar-refractivity contribution in [2.45, 2.75) is 33.2 Å². The summed E-state index contributed by atoms with van der Waals surface area (Å²) in [5.41, 5.74) is 3.79. The van der Waals surface area contributed by atoms with Crippen LogP contribution in [0.5, 0.6) is 17.2 Å². The van der Waals surface area contributed by atoms with Crippen molar-refractivity contribution in [1.82, 2.24) is 9.55 Å². The number of benzene rings is 3. The van der Waals surface area contributed by atoms with Crippen molar-refractivity contribution in [3.05, 3.63) is 106 Å². The Morgan fingerprint density at radius 2 is 1.66 bits per heavy atom. The van der Waals surface area contributed by atoms with Crippen LogP contribution >= 0.6 is 0 Å². The Hall–Kier alpha value is -4.37. The van der Waals surface area contributed by atoms with E-state index in [0.717, 1.165) is 28.9 Å². The molecule has 0 aliphatic rings. The summed E-state index contributed by atoms with van der Waals surface area (Å²) < 4.78 is 12.9. The number of methoxy groups -OCH3 is 1. The molecule has 0 aliphatic carbocycles. The van der Waals surface area contributed by atoms with Crippen LogP contribution in [0.4, 0.5) is 0 Å². The third-order valence-corrected chi connectivity index (χ3v) is 5.78. The lowest BCUT2D eigenvalue weighted by molar-refractivity contribution is 0.412. The summed E-state index contributed by atoms with van der Waals surface area (Å²) in [4.78, 5) is 18.2. The fourth-order valence-corrected chi connectivity index (χ4v) is 3.96. The number of ether oxygens (including phenoxy) is 2. The van der Waals surface area contributed by atoms with Gasteiger partial charge in [0.1, 0.15) is 17.3 Å². The predicted molar refractivity (Wildman–Crippen MR) is 136 cm³/mol. The highest BCUT2D eigenvalue weighted by atomic mass is 16.5. The number of nitrogens with zero attached hydrogens (tertiary/aromatic N) is 3. The van der Waals surface area contributed by atoms with Crippen molar-refractivity contribution in [2.75, 3.05) is 7.11 Å². The van der Waals surface area contributed by atoms with E-state index in [9.17, 15) is 10.1 Å². The van der Waals surface area contributed by atoms with E-state index >= 15 is 0 Å². The molecule has 0 N–H and O–H groups in total. The Balaban J connectivity index is 1.67. The van der Waals surface area contributed by atoms with Gasteiger partial charge < -0.3 is 9.47 Å². The fraction of sp³-hybridized carbons (Fsp3) is 0.207. The Morgan fingerprint density at radius 1 is 0.971 bits per heavy atom. The Bertz CT molecular complexity index is 1420. The van der Waals surface area contributed by atoms with Crippen LogP contribution in [-0.4, -0.2) is 16.7 Å². The van der Waals surface area contributed by atoms with Crippen LogP contribution in [0.2, 0.25) is 0 Å². The molecule has 0 fully saturated rings. The smallest absolute Gasteiger partial charge is 0.297 e. The third-order valence-electron chi connectivity index (χ3n) is 5.78. The molecule has 6 heteroatoms. The zero-order chi connectivity index (χ0) is 24.8. The van der Waals surface area contributed by atoms with Crippen molar-refractivity contribution in [1.29, 1.82) is 5.26 Å². The maximum absolute atomic E-state index is 13.5. The lowest BCUT2D eigenvalue weighted by atomic mass is 9.99. The molecule has 0 unspecified atom stereocenters. The van der Waals surface area contributed by atoms with Crippen LogP contribution in [0.3, 0.4) is 0 Å². The molecule has 0 atom stereocenters. The second-order valence-corrected chi connectivity index (χ2v) is 8.22. The van der Waals surface area contributed by atoms with Gasteiger partial charge in [0.05, 0.1) is 31.0 Å². The molecule has 4 aromatic rings.